The molecule has 0 aliphatic heterocycles. The second kappa shape index (κ2) is 3.18. The van der Waals surface area contributed by atoms with E-state index in [1.807, 2.05) is 0 Å². The van der Waals surface area contributed by atoms with Gasteiger partial charge in [0.15, 0.2) is 0 Å². The molecule has 1 aromatic carbocycles. The van der Waals surface area contributed by atoms with Crippen LogP contribution in [0.4, 0.5) is 0 Å². The van der Waals surface area contributed by atoms with Gasteiger partial charge >= 0.3 is 0 Å². The molecule has 0 unspecified atom stereocenters. The van der Waals surface area contributed by atoms with Gasteiger partial charge < -0.3 is 4.98 Å². The Labute approximate surface area is 86.3 Å². The molecule has 2 heteroatoms. The summed E-state index contributed by atoms with van der Waals surface area (Å²) in [4.78, 5) is 3.29. The smallest absolute Gasteiger partial charge is 0.0601 e. The molecular formula is C11H12BrN. The number of aromatic nitrogens is 1. The molecule has 68 valence electrons. The maximum Gasteiger partial charge on any atom is 0.0601 e. The van der Waals surface area contributed by atoms with Crippen molar-refractivity contribution in [3.05, 3.63) is 34.4 Å². The van der Waals surface area contributed by atoms with Crippen molar-refractivity contribution in [2.75, 3.05) is 0 Å². The summed E-state index contributed by atoms with van der Waals surface area (Å²) < 4.78 is 1.14. The minimum absolute atomic E-state index is 0.572. The largest absolute Gasteiger partial charge is 0.360 e. The van der Waals surface area contributed by atoms with E-state index in [0.29, 0.717) is 5.92 Å². The number of benzene rings is 1. The van der Waals surface area contributed by atoms with Gasteiger partial charge in [0.05, 0.1) is 5.52 Å². The average molecular weight is 238 g/mol. The Morgan fingerprint density at radius 1 is 1.31 bits per heavy atom. The maximum atomic E-state index is 3.53. The van der Waals surface area contributed by atoms with Crippen LogP contribution >= 0.6 is 15.9 Å². The van der Waals surface area contributed by atoms with Crippen LogP contribution in [0.3, 0.4) is 0 Å². The molecule has 0 spiro atoms. The third-order valence-electron chi connectivity index (χ3n) is 2.32. The van der Waals surface area contributed by atoms with E-state index in [1.54, 1.807) is 0 Å². The molecule has 0 saturated heterocycles. The van der Waals surface area contributed by atoms with Crippen LogP contribution in [0, 0.1) is 0 Å². The Balaban J connectivity index is 2.75. The first-order chi connectivity index (χ1) is 6.20. The molecule has 13 heavy (non-hydrogen) atoms. The third kappa shape index (κ3) is 1.39. The summed E-state index contributed by atoms with van der Waals surface area (Å²) in [5.41, 5.74) is 2.59. The third-order valence-corrected chi connectivity index (χ3v) is 2.98. The number of para-hydroxylation sites is 1. The summed E-state index contributed by atoms with van der Waals surface area (Å²) in [5, 5.41) is 1.32. The van der Waals surface area contributed by atoms with Crippen LogP contribution < -0.4 is 0 Å². The van der Waals surface area contributed by atoms with Gasteiger partial charge in [-0.2, -0.15) is 0 Å². The topological polar surface area (TPSA) is 15.8 Å². The van der Waals surface area contributed by atoms with Crippen LogP contribution in [0.25, 0.3) is 10.9 Å². The standard InChI is InChI=1S/C11H12BrN/c1-7(2)9-6-13-11-8(9)4-3-5-10(11)12/h3-7,13H,1-2H3. The highest BCUT2D eigenvalue weighted by molar-refractivity contribution is 9.10. The maximum absolute atomic E-state index is 3.53. The van der Waals surface area contributed by atoms with Gasteiger partial charge in [-0.25, -0.2) is 0 Å². The van der Waals surface area contributed by atoms with Gasteiger partial charge in [0.2, 0.25) is 0 Å². The lowest BCUT2D eigenvalue weighted by Gasteiger charge is -2.01. The molecule has 1 nitrogen and oxygen atoms in total. The van der Waals surface area contributed by atoms with E-state index in [2.05, 4.69) is 59.2 Å². The second-order valence-corrected chi connectivity index (χ2v) is 4.42. The van der Waals surface area contributed by atoms with Gasteiger partial charge in [-0.3, -0.25) is 0 Å². The molecular weight excluding hydrogens is 226 g/mol. The fraction of sp³-hybridized carbons (Fsp3) is 0.273. The van der Waals surface area contributed by atoms with Crippen molar-refractivity contribution >= 4 is 26.8 Å². The van der Waals surface area contributed by atoms with Crippen molar-refractivity contribution < 1.29 is 0 Å². The zero-order valence-electron chi connectivity index (χ0n) is 7.76. The molecule has 0 aliphatic rings. The Morgan fingerprint density at radius 3 is 2.77 bits per heavy atom. The monoisotopic (exact) mass is 237 g/mol. The second-order valence-electron chi connectivity index (χ2n) is 3.56. The first-order valence-electron chi connectivity index (χ1n) is 4.45. The molecule has 0 saturated carbocycles. The van der Waals surface area contributed by atoms with E-state index in [0.717, 1.165) is 4.47 Å². The van der Waals surface area contributed by atoms with E-state index in [-0.39, 0.29) is 0 Å². The van der Waals surface area contributed by atoms with E-state index in [9.17, 15) is 0 Å². The van der Waals surface area contributed by atoms with Crippen LogP contribution in [0.1, 0.15) is 25.3 Å². The summed E-state index contributed by atoms with van der Waals surface area (Å²) >= 11 is 3.53. The van der Waals surface area contributed by atoms with E-state index in [1.165, 1.54) is 16.5 Å². The highest BCUT2D eigenvalue weighted by Gasteiger charge is 2.07. The number of halogens is 1. The zero-order chi connectivity index (χ0) is 9.42. The normalized spacial score (nSPS) is 11.4. The van der Waals surface area contributed by atoms with Crippen molar-refractivity contribution in [1.29, 1.82) is 0 Å². The Kier molecular flexibility index (Phi) is 2.16. The Hall–Kier alpha value is -0.760. The molecule has 1 N–H and O–H groups in total. The van der Waals surface area contributed by atoms with Gasteiger partial charge in [0.1, 0.15) is 0 Å². The van der Waals surface area contributed by atoms with Crippen LogP contribution in [-0.4, -0.2) is 4.98 Å². The lowest BCUT2D eigenvalue weighted by molar-refractivity contribution is 0.875. The van der Waals surface area contributed by atoms with Crippen LogP contribution in [-0.2, 0) is 0 Å². The zero-order valence-corrected chi connectivity index (χ0v) is 9.35. The SMILES string of the molecule is CC(C)c1c[nH]c2c(Br)cccc12. The van der Waals surface area contributed by atoms with Gasteiger partial charge in [-0.05, 0) is 33.5 Å². The van der Waals surface area contributed by atoms with Crippen LogP contribution in [0.2, 0.25) is 0 Å². The van der Waals surface area contributed by atoms with Crippen molar-refractivity contribution in [3.8, 4) is 0 Å². The molecule has 0 amide bonds. The lowest BCUT2D eigenvalue weighted by atomic mass is 10.0. The minimum Gasteiger partial charge on any atom is -0.360 e. The molecule has 2 rings (SSSR count). The van der Waals surface area contributed by atoms with Crippen molar-refractivity contribution in [2.45, 2.75) is 19.8 Å². The van der Waals surface area contributed by atoms with Crippen molar-refractivity contribution in [3.63, 3.8) is 0 Å². The minimum atomic E-state index is 0.572. The van der Waals surface area contributed by atoms with E-state index in [4.69, 9.17) is 0 Å². The summed E-state index contributed by atoms with van der Waals surface area (Å²) in [6.07, 6.45) is 2.10. The highest BCUT2D eigenvalue weighted by Crippen LogP contribution is 2.29. The first kappa shape index (κ1) is 8.82. The predicted octanol–water partition coefficient (Wildman–Crippen LogP) is 4.05. The Morgan fingerprint density at radius 2 is 2.08 bits per heavy atom. The number of fused-ring (bicyclic) bond motifs is 1. The summed E-state index contributed by atoms with van der Waals surface area (Å²) in [6.45, 7) is 4.42. The van der Waals surface area contributed by atoms with E-state index < -0.39 is 0 Å². The van der Waals surface area contributed by atoms with Crippen molar-refractivity contribution in [2.24, 2.45) is 0 Å². The van der Waals surface area contributed by atoms with Gasteiger partial charge in [0.25, 0.3) is 0 Å². The Bertz CT molecular complexity index is 429. The van der Waals surface area contributed by atoms with Crippen LogP contribution in [0.15, 0.2) is 28.9 Å². The highest BCUT2D eigenvalue weighted by atomic mass is 79.9. The summed E-state index contributed by atoms with van der Waals surface area (Å²) in [7, 11) is 0. The van der Waals surface area contributed by atoms with Crippen molar-refractivity contribution in [1.82, 2.24) is 4.98 Å². The molecule has 2 aromatic rings. The van der Waals surface area contributed by atoms with Gasteiger partial charge in [-0.1, -0.05) is 26.0 Å². The number of hydrogen-bond acceptors (Lipinski definition) is 0. The molecule has 1 aromatic heterocycles. The molecule has 0 bridgehead atoms. The number of nitrogens with one attached hydrogen (secondary N) is 1. The molecule has 0 atom stereocenters. The number of rotatable bonds is 1. The lowest BCUT2D eigenvalue weighted by Crippen LogP contribution is -1.83. The predicted molar refractivity (Wildman–Crippen MR) is 60.1 cm³/mol. The summed E-state index contributed by atoms with van der Waals surface area (Å²) in [6, 6.07) is 6.29. The number of aromatic amines is 1. The summed E-state index contributed by atoms with van der Waals surface area (Å²) in [5.74, 6) is 0.572. The fourth-order valence-corrected chi connectivity index (χ4v) is 2.10. The first-order valence-corrected chi connectivity index (χ1v) is 5.25. The van der Waals surface area contributed by atoms with Gasteiger partial charge in [0, 0.05) is 16.1 Å². The quantitative estimate of drug-likeness (QED) is 0.771. The fourth-order valence-electron chi connectivity index (χ4n) is 1.62. The van der Waals surface area contributed by atoms with Crippen LogP contribution in [0.5, 0.6) is 0 Å². The average Bonchev–Trinajstić information content (AvgIpc) is 2.48. The number of hydrogen-bond donors (Lipinski definition) is 1. The molecule has 0 fully saturated rings. The molecule has 1 heterocycles. The van der Waals surface area contributed by atoms with Gasteiger partial charge in [-0.15, -0.1) is 0 Å². The molecule has 0 radical (unpaired) electrons. The molecule has 0 aliphatic carbocycles. The van der Waals surface area contributed by atoms with E-state index >= 15 is 0 Å². The number of H-pyrrole nitrogens is 1.